The van der Waals surface area contributed by atoms with Gasteiger partial charge in [-0.3, -0.25) is 5.43 Å². The van der Waals surface area contributed by atoms with Gasteiger partial charge in [0.15, 0.2) is 0 Å². The Morgan fingerprint density at radius 2 is 2.12 bits per heavy atom. The minimum Gasteiger partial charge on any atom is -0.253 e. The van der Waals surface area contributed by atoms with Crippen molar-refractivity contribution in [3.05, 3.63) is 64.3 Å². The van der Waals surface area contributed by atoms with Crippen LogP contribution in [0.2, 0.25) is 0 Å². The summed E-state index contributed by atoms with van der Waals surface area (Å²) in [5.74, 6) is -0.230. The van der Waals surface area contributed by atoms with E-state index in [1.54, 1.807) is 12.3 Å². The minimum atomic E-state index is -0.230. The van der Waals surface area contributed by atoms with Crippen LogP contribution in [0.15, 0.2) is 46.9 Å². The quantitative estimate of drug-likeness (QED) is 0.399. The Hall–Kier alpha value is -2.10. The normalized spacial score (nSPS) is 11.2. The molecule has 6 heteroatoms. The van der Waals surface area contributed by atoms with E-state index in [2.05, 4.69) is 43.8 Å². The second-order valence-corrected chi connectivity index (χ2v) is 7.13. The minimum absolute atomic E-state index is 0.230. The largest absolute Gasteiger partial charge is 0.253 e. The van der Waals surface area contributed by atoms with E-state index in [1.165, 1.54) is 23.0 Å². The van der Waals surface area contributed by atoms with Gasteiger partial charge in [0.05, 0.1) is 11.9 Å². The molecular formula is C19H19FN3PS. The smallest absolute Gasteiger partial charge is 0.203 e. The lowest BCUT2D eigenvalue weighted by atomic mass is 10.0. The van der Waals surface area contributed by atoms with Crippen molar-refractivity contribution < 1.29 is 4.39 Å². The maximum Gasteiger partial charge on any atom is 0.203 e. The van der Waals surface area contributed by atoms with Crippen LogP contribution in [-0.4, -0.2) is 11.2 Å². The zero-order chi connectivity index (χ0) is 17.8. The zero-order valence-corrected chi connectivity index (χ0v) is 16.1. The number of aryl methyl sites for hydroxylation is 2. The van der Waals surface area contributed by atoms with E-state index < -0.39 is 0 Å². The van der Waals surface area contributed by atoms with Crippen LogP contribution >= 0.6 is 20.6 Å². The van der Waals surface area contributed by atoms with Gasteiger partial charge in [-0.15, -0.1) is 20.6 Å². The molecule has 2 aromatic carbocycles. The number of nitrogens with one attached hydrogen (secondary N) is 1. The Morgan fingerprint density at radius 3 is 2.92 bits per heavy atom. The molecule has 0 bridgehead atoms. The molecule has 3 rings (SSSR count). The molecule has 3 aromatic rings. The van der Waals surface area contributed by atoms with Gasteiger partial charge < -0.3 is 0 Å². The van der Waals surface area contributed by atoms with Crippen molar-refractivity contribution >= 4 is 37.2 Å². The van der Waals surface area contributed by atoms with Crippen molar-refractivity contribution in [2.24, 2.45) is 5.10 Å². The highest BCUT2D eigenvalue weighted by Crippen LogP contribution is 2.27. The summed E-state index contributed by atoms with van der Waals surface area (Å²) in [7, 11) is 2.39. The summed E-state index contributed by atoms with van der Waals surface area (Å²) in [6.45, 7) is 4.00. The van der Waals surface area contributed by atoms with Crippen molar-refractivity contribution in [3.8, 4) is 11.3 Å². The Bertz CT molecular complexity index is 921. The molecule has 1 unspecified atom stereocenters. The van der Waals surface area contributed by atoms with Gasteiger partial charge >= 0.3 is 0 Å². The van der Waals surface area contributed by atoms with Crippen LogP contribution in [-0.2, 0) is 6.42 Å². The molecule has 128 valence electrons. The van der Waals surface area contributed by atoms with Crippen LogP contribution in [0.1, 0.15) is 23.6 Å². The number of aromatic nitrogens is 1. The van der Waals surface area contributed by atoms with E-state index in [9.17, 15) is 4.39 Å². The first-order valence-corrected chi connectivity index (χ1v) is 9.42. The number of hydrazone groups is 1. The second kappa shape index (κ2) is 7.85. The van der Waals surface area contributed by atoms with Gasteiger partial charge in [-0.2, -0.15) is 5.10 Å². The molecule has 0 fully saturated rings. The van der Waals surface area contributed by atoms with Crippen LogP contribution < -0.4 is 10.7 Å². The number of thiazole rings is 1. The molecule has 3 nitrogen and oxygen atoms in total. The van der Waals surface area contributed by atoms with Gasteiger partial charge in [0, 0.05) is 16.2 Å². The van der Waals surface area contributed by atoms with Crippen LogP contribution in [0.3, 0.4) is 0 Å². The summed E-state index contributed by atoms with van der Waals surface area (Å²) >= 11 is 1.51. The van der Waals surface area contributed by atoms with E-state index in [1.807, 2.05) is 24.4 Å². The van der Waals surface area contributed by atoms with Crippen molar-refractivity contribution in [2.45, 2.75) is 20.3 Å². The first-order chi connectivity index (χ1) is 12.1. The number of rotatable bonds is 5. The fourth-order valence-corrected chi connectivity index (χ4v) is 3.45. The third-order valence-electron chi connectivity index (χ3n) is 3.93. The summed E-state index contributed by atoms with van der Waals surface area (Å²) in [6.07, 6.45) is 2.65. The maximum atomic E-state index is 13.5. The molecule has 1 heterocycles. The average Bonchev–Trinajstić information content (AvgIpc) is 3.08. The van der Waals surface area contributed by atoms with E-state index in [4.69, 9.17) is 0 Å². The van der Waals surface area contributed by atoms with Crippen molar-refractivity contribution in [3.63, 3.8) is 0 Å². The molecule has 0 saturated carbocycles. The highest BCUT2D eigenvalue weighted by Gasteiger charge is 2.07. The third-order valence-corrected chi connectivity index (χ3v) is 5.12. The van der Waals surface area contributed by atoms with Gasteiger partial charge in [-0.1, -0.05) is 31.2 Å². The van der Waals surface area contributed by atoms with Crippen molar-refractivity contribution in [1.29, 1.82) is 0 Å². The number of benzene rings is 2. The number of anilines is 1. The molecule has 0 saturated heterocycles. The Labute approximate surface area is 153 Å². The summed E-state index contributed by atoms with van der Waals surface area (Å²) < 4.78 is 13.5. The predicted octanol–water partition coefficient (Wildman–Crippen LogP) is 4.77. The van der Waals surface area contributed by atoms with Crippen LogP contribution in [0.5, 0.6) is 0 Å². The molecular weight excluding hydrogens is 352 g/mol. The molecule has 0 spiro atoms. The van der Waals surface area contributed by atoms with E-state index in [0.717, 1.165) is 33.9 Å². The van der Waals surface area contributed by atoms with Gasteiger partial charge in [-0.05, 0) is 42.2 Å². The molecule has 1 aromatic heterocycles. The maximum absolute atomic E-state index is 13.5. The van der Waals surface area contributed by atoms with Gasteiger partial charge in [0.25, 0.3) is 0 Å². The van der Waals surface area contributed by atoms with Gasteiger partial charge in [0.1, 0.15) is 5.82 Å². The number of hydrogen-bond acceptors (Lipinski definition) is 4. The fraction of sp³-hybridized carbons (Fsp3) is 0.158. The Kier molecular flexibility index (Phi) is 5.57. The number of halogens is 1. The van der Waals surface area contributed by atoms with E-state index in [0.29, 0.717) is 5.30 Å². The van der Waals surface area contributed by atoms with Crippen molar-refractivity contribution in [1.82, 2.24) is 4.98 Å². The van der Waals surface area contributed by atoms with Crippen molar-refractivity contribution in [2.75, 3.05) is 5.43 Å². The summed E-state index contributed by atoms with van der Waals surface area (Å²) in [4.78, 5) is 4.60. The summed E-state index contributed by atoms with van der Waals surface area (Å²) in [5.41, 5.74) is 8.04. The first kappa shape index (κ1) is 17.7. The molecule has 0 aliphatic rings. The molecule has 0 aliphatic carbocycles. The molecule has 0 radical (unpaired) electrons. The topological polar surface area (TPSA) is 37.3 Å². The van der Waals surface area contributed by atoms with Gasteiger partial charge in [0.2, 0.25) is 5.13 Å². The fourth-order valence-electron chi connectivity index (χ4n) is 2.53. The SMILES string of the molecule is CCc1ccccc1-c1csc(N/N=C/c2cc(P)c(F)cc2C)n1. The monoisotopic (exact) mass is 371 g/mol. The molecule has 25 heavy (non-hydrogen) atoms. The zero-order valence-electron chi connectivity index (χ0n) is 14.1. The molecule has 0 amide bonds. The van der Waals surface area contributed by atoms with Crippen LogP contribution in [0.4, 0.5) is 9.52 Å². The highest BCUT2D eigenvalue weighted by atomic mass is 32.1. The summed E-state index contributed by atoms with van der Waals surface area (Å²) in [5, 5.41) is 7.51. The van der Waals surface area contributed by atoms with E-state index in [-0.39, 0.29) is 5.82 Å². The highest BCUT2D eigenvalue weighted by molar-refractivity contribution is 7.27. The second-order valence-electron chi connectivity index (χ2n) is 5.65. The third kappa shape index (κ3) is 4.12. The standard InChI is InChI=1S/C19H19FN3PS/c1-3-13-6-4-5-7-15(13)17-11-25-19(22-17)23-21-10-14-9-18(24)16(20)8-12(14)2/h4-11H,3,24H2,1-2H3,(H,22,23)/b21-10+. The molecule has 0 aliphatic heterocycles. The predicted molar refractivity (Wildman–Crippen MR) is 109 cm³/mol. The van der Waals surface area contributed by atoms with Crippen LogP contribution in [0.25, 0.3) is 11.3 Å². The lowest BCUT2D eigenvalue weighted by Gasteiger charge is -2.04. The first-order valence-electron chi connectivity index (χ1n) is 7.97. The summed E-state index contributed by atoms with van der Waals surface area (Å²) in [6, 6.07) is 11.5. The van der Waals surface area contributed by atoms with Crippen LogP contribution in [0, 0.1) is 12.7 Å². The lowest BCUT2D eigenvalue weighted by Crippen LogP contribution is -2.03. The Balaban J connectivity index is 1.75. The van der Waals surface area contributed by atoms with Gasteiger partial charge in [-0.25, -0.2) is 9.37 Å². The lowest BCUT2D eigenvalue weighted by molar-refractivity contribution is 0.635. The average molecular weight is 371 g/mol. The number of nitrogens with zero attached hydrogens (tertiary/aromatic N) is 2. The molecule has 1 N–H and O–H groups in total. The van der Waals surface area contributed by atoms with E-state index >= 15 is 0 Å². The number of hydrogen-bond donors (Lipinski definition) is 1. The molecule has 1 atom stereocenters. The Morgan fingerprint density at radius 1 is 1.32 bits per heavy atom.